The fourth-order valence-corrected chi connectivity index (χ4v) is 11.4. The molecule has 5 aromatic rings. The number of nitrogens with zero attached hydrogens (tertiary/aromatic N) is 4. The molecule has 410 valence electrons. The van der Waals surface area contributed by atoms with Crippen LogP contribution >= 0.6 is 0 Å². The lowest BCUT2D eigenvalue weighted by molar-refractivity contribution is -0.127. The quantitative estimate of drug-likeness (QED) is 0.0584. The first-order valence-corrected chi connectivity index (χ1v) is 26.9. The Morgan fingerprint density at radius 2 is 1.56 bits per heavy atom. The Bertz CT molecular complexity index is 3140. The van der Waals surface area contributed by atoms with Crippen molar-refractivity contribution in [3.8, 4) is 23.0 Å². The van der Waals surface area contributed by atoms with Crippen LogP contribution in [0.3, 0.4) is 0 Å². The van der Waals surface area contributed by atoms with Gasteiger partial charge in [0.25, 0.3) is 5.91 Å². The number of hydrogen-bond acceptors (Lipinski definition) is 15. The summed E-state index contributed by atoms with van der Waals surface area (Å²) in [4.78, 5) is 80.1. The zero-order valence-corrected chi connectivity index (χ0v) is 44.7. The molecule has 4 heterocycles. The Kier molecular flexibility index (Phi) is 15.6. The van der Waals surface area contributed by atoms with Crippen molar-refractivity contribution in [2.24, 2.45) is 28.9 Å². The molecule has 6 N–H and O–H groups in total. The molecular weight excluding hydrogens is 997 g/mol. The van der Waals surface area contributed by atoms with Crippen LogP contribution in [0.1, 0.15) is 110 Å². The van der Waals surface area contributed by atoms with E-state index in [1.807, 2.05) is 38.2 Å². The van der Waals surface area contributed by atoms with Crippen LogP contribution in [0, 0.1) is 23.2 Å². The SMILES string of the molecule is COc1cc2c(cc1OCCCOc1cc3c(cc1OC)C(=O)CCC1CC(CC4(CC4)C1)C(O)N3C(=O)OCc1ccc(NC(=O)[C@H](C)NC(=O)[C@@H](N)C(C)C)cc1)NCC1CC(c3ccc4nccnc4c3)=CN1C2=O. The number of benzene rings is 4. The van der Waals surface area contributed by atoms with Crippen molar-refractivity contribution in [1.29, 1.82) is 0 Å². The Morgan fingerprint density at radius 1 is 0.859 bits per heavy atom. The number of ketones is 1. The van der Waals surface area contributed by atoms with E-state index in [1.165, 1.54) is 19.1 Å². The maximum atomic E-state index is 14.6. The maximum Gasteiger partial charge on any atom is 0.416 e. The Balaban J connectivity index is 0.819. The van der Waals surface area contributed by atoms with Crippen LogP contribution in [0.2, 0.25) is 0 Å². The lowest BCUT2D eigenvalue weighted by atomic mass is 9.70. The topological polar surface area (TPSA) is 246 Å². The molecule has 0 radical (unpaired) electrons. The number of nitrogens with two attached hydrogens (primary N) is 1. The van der Waals surface area contributed by atoms with Gasteiger partial charge in [-0.3, -0.25) is 34.0 Å². The highest BCUT2D eigenvalue weighted by Crippen LogP contribution is 2.61. The zero-order valence-electron chi connectivity index (χ0n) is 44.7. The highest BCUT2D eigenvalue weighted by molar-refractivity contribution is 6.06. The van der Waals surface area contributed by atoms with Crippen molar-refractivity contribution in [2.75, 3.05) is 49.5 Å². The van der Waals surface area contributed by atoms with Crippen molar-refractivity contribution >= 4 is 63.3 Å². The van der Waals surface area contributed by atoms with E-state index >= 15 is 0 Å². The highest BCUT2D eigenvalue weighted by Gasteiger charge is 2.52. The first-order chi connectivity index (χ1) is 37.6. The van der Waals surface area contributed by atoms with Crippen LogP contribution in [-0.4, -0.2) is 108 Å². The number of carbonyl (C=O) groups excluding carboxylic acids is 5. The second kappa shape index (κ2) is 22.7. The summed E-state index contributed by atoms with van der Waals surface area (Å²) < 4.78 is 30.1. The Labute approximate surface area is 453 Å². The van der Waals surface area contributed by atoms with Crippen molar-refractivity contribution in [1.82, 2.24) is 20.2 Å². The molecule has 0 saturated heterocycles. The summed E-state index contributed by atoms with van der Waals surface area (Å²) in [6.45, 7) is 5.89. The van der Waals surface area contributed by atoms with E-state index in [2.05, 4.69) is 25.9 Å². The molecule has 19 heteroatoms. The van der Waals surface area contributed by atoms with Crippen LogP contribution in [0.4, 0.5) is 21.9 Å². The minimum atomic E-state index is -1.32. The minimum absolute atomic E-state index is 0.0961. The van der Waals surface area contributed by atoms with Gasteiger partial charge in [-0.15, -0.1) is 0 Å². The third-order valence-electron chi connectivity index (χ3n) is 16.0. The monoisotopic (exact) mass is 1060 g/mol. The van der Waals surface area contributed by atoms with Crippen LogP contribution in [0.15, 0.2) is 85.3 Å². The number of methoxy groups -OCH3 is 2. The second-order valence-electron chi connectivity index (χ2n) is 21.7. The summed E-state index contributed by atoms with van der Waals surface area (Å²) in [5.41, 5.74) is 12.2. The highest BCUT2D eigenvalue weighted by atomic mass is 16.6. The van der Waals surface area contributed by atoms with Crippen molar-refractivity contribution in [2.45, 2.75) is 110 Å². The molecule has 4 unspecified atom stereocenters. The molecule has 2 saturated carbocycles. The summed E-state index contributed by atoms with van der Waals surface area (Å²) in [6, 6.07) is 17.6. The summed E-state index contributed by atoms with van der Waals surface area (Å²) in [5, 5.41) is 21.3. The van der Waals surface area contributed by atoms with Gasteiger partial charge in [0.1, 0.15) is 18.9 Å². The summed E-state index contributed by atoms with van der Waals surface area (Å²) >= 11 is 0. The number of anilines is 3. The van der Waals surface area contributed by atoms with Gasteiger partial charge in [-0.2, -0.15) is 0 Å². The first kappa shape index (κ1) is 53.6. The molecule has 19 nitrogen and oxygen atoms in total. The number of rotatable bonds is 16. The number of aliphatic hydroxyl groups excluding tert-OH is 1. The van der Waals surface area contributed by atoms with Crippen LogP contribution in [-0.2, 0) is 20.9 Å². The first-order valence-electron chi connectivity index (χ1n) is 26.9. The van der Waals surface area contributed by atoms with Gasteiger partial charge in [-0.05, 0) is 122 Å². The Hall–Kier alpha value is -7.77. The van der Waals surface area contributed by atoms with Gasteiger partial charge in [0, 0.05) is 67.3 Å². The fraction of sp³-hybridized carbons (Fsp3) is 0.441. The third-order valence-corrected chi connectivity index (χ3v) is 16.0. The van der Waals surface area contributed by atoms with E-state index in [0.717, 1.165) is 47.9 Å². The van der Waals surface area contributed by atoms with Gasteiger partial charge < -0.3 is 55.4 Å². The number of aliphatic hydroxyl groups is 1. The number of ether oxygens (including phenoxy) is 5. The predicted molar refractivity (Wildman–Crippen MR) is 292 cm³/mol. The Morgan fingerprint density at radius 3 is 2.27 bits per heavy atom. The predicted octanol–water partition coefficient (Wildman–Crippen LogP) is 8.24. The molecular formula is C59H68N8O11. The summed E-state index contributed by atoms with van der Waals surface area (Å²) in [6.07, 6.45) is 9.58. The van der Waals surface area contributed by atoms with E-state index in [9.17, 15) is 29.1 Å². The van der Waals surface area contributed by atoms with E-state index in [-0.39, 0.29) is 89.9 Å². The largest absolute Gasteiger partial charge is 0.493 e. The zero-order chi connectivity index (χ0) is 54.8. The second-order valence-corrected chi connectivity index (χ2v) is 21.7. The lowest BCUT2D eigenvalue weighted by Gasteiger charge is -2.42. The van der Waals surface area contributed by atoms with Gasteiger partial charge in [0.05, 0.1) is 67.5 Å². The van der Waals surface area contributed by atoms with Crippen molar-refractivity contribution < 1.29 is 52.8 Å². The maximum absolute atomic E-state index is 14.6. The molecule has 4 aromatic carbocycles. The molecule has 1 aromatic heterocycles. The number of nitrogens with one attached hydrogen (secondary N) is 3. The number of Topliss-reactive ketones (excluding diaryl/α,β-unsaturated/α-hetero) is 1. The van der Waals surface area contributed by atoms with Gasteiger partial charge in [-0.25, -0.2) is 4.79 Å². The van der Waals surface area contributed by atoms with Gasteiger partial charge in [-0.1, -0.05) is 32.0 Å². The summed E-state index contributed by atoms with van der Waals surface area (Å²) in [7, 11) is 3.00. The molecule has 1 spiro atoms. The van der Waals surface area contributed by atoms with Crippen LogP contribution in [0.25, 0.3) is 16.6 Å². The average molecular weight is 1070 g/mol. The number of amides is 4. The lowest BCUT2D eigenvalue weighted by Crippen LogP contribution is -2.50. The van der Waals surface area contributed by atoms with E-state index in [0.29, 0.717) is 66.2 Å². The average Bonchev–Trinajstić information content (AvgIpc) is 4.26. The molecule has 2 bridgehead atoms. The van der Waals surface area contributed by atoms with Crippen LogP contribution < -0.4 is 45.5 Å². The van der Waals surface area contributed by atoms with Crippen LogP contribution in [0.5, 0.6) is 23.0 Å². The van der Waals surface area contributed by atoms with E-state index < -0.39 is 36.2 Å². The third kappa shape index (κ3) is 11.4. The smallest absolute Gasteiger partial charge is 0.416 e. The number of hydrogen-bond donors (Lipinski definition) is 5. The molecule has 78 heavy (non-hydrogen) atoms. The van der Waals surface area contributed by atoms with Crippen molar-refractivity contribution in [3.05, 3.63) is 108 Å². The number of carbonyl (C=O) groups is 5. The molecule has 10 rings (SSSR count). The molecule has 5 aliphatic rings. The minimum Gasteiger partial charge on any atom is -0.493 e. The van der Waals surface area contributed by atoms with Crippen molar-refractivity contribution in [3.63, 3.8) is 0 Å². The fourth-order valence-electron chi connectivity index (χ4n) is 11.4. The molecule has 2 fully saturated rings. The van der Waals surface area contributed by atoms with Gasteiger partial charge in [0.2, 0.25) is 11.8 Å². The van der Waals surface area contributed by atoms with E-state index in [4.69, 9.17) is 29.4 Å². The summed E-state index contributed by atoms with van der Waals surface area (Å²) in [5.74, 6) is 0.0190. The number of fused-ring (bicyclic) bond motifs is 6. The van der Waals surface area contributed by atoms with E-state index in [1.54, 1.807) is 72.7 Å². The normalized spacial score (nSPS) is 20.9. The van der Waals surface area contributed by atoms with Gasteiger partial charge >= 0.3 is 6.09 Å². The molecule has 4 amide bonds. The molecule has 3 aliphatic heterocycles. The standard InChI is InChI=1S/C59H68N8O11/c1-33(2)53(60)55(70)64-34(3)54(69)65-40-11-7-35(8-12-40)32-78-58(73)67-47-27-52(50(75-5)25-43(47)48(68)14-9-36-21-38(56(67)71)29-59(28-36)15-16-59)77-20-6-19-76-51-26-45-42(24-49(51)74-4)57(72)66-31-39(22-41(66)30-63-45)37-10-13-44-46(23-37)62-18-17-61-44/h7-8,10-13,17-18,23-27,31,33-34,36,38,41,53,56,63,71H,6,9,14-16,19-22,28-30,32,60H2,1-5H3,(H,64,70)(H,65,69)/t34-,36?,38?,41?,53-,56?/m0/s1. The van der Waals surface area contributed by atoms with Gasteiger partial charge in [0.15, 0.2) is 28.8 Å². The molecule has 2 aliphatic carbocycles. The molecule has 6 atom stereocenters. The number of aromatic nitrogens is 2.